The summed E-state index contributed by atoms with van der Waals surface area (Å²) in [7, 11) is 0. The Morgan fingerprint density at radius 1 is 1.27 bits per heavy atom. The van der Waals surface area contributed by atoms with Gasteiger partial charge in [-0.3, -0.25) is 14.9 Å². The number of aromatic amines is 1. The Bertz CT molecular complexity index is 484. The Labute approximate surface area is 135 Å². The van der Waals surface area contributed by atoms with Gasteiger partial charge >= 0.3 is 0 Å². The lowest BCUT2D eigenvalue weighted by molar-refractivity contribution is -0.384. The fraction of sp³-hybridized carbons (Fsp3) is 0.643. The number of nitrogens with one attached hydrogen (secondary N) is 3. The van der Waals surface area contributed by atoms with E-state index in [0.29, 0.717) is 12.6 Å². The van der Waals surface area contributed by atoms with Crippen molar-refractivity contribution in [2.75, 3.05) is 13.1 Å². The van der Waals surface area contributed by atoms with Crippen LogP contribution in [0.25, 0.3) is 0 Å². The fourth-order valence-corrected chi connectivity index (χ4v) is 2.65. The van der Waals surface area contributed by atoms with Crippen LogP contribution in [-0.2, 0) is 0 Å². The van der Waals surface area contributed by atoms with Crippen molar-refractivity contribution in [2.24, 2.45) is 0 Å². The summed E-state index contributed by atoms with van der Waals surface area (Å²) in [5.41, 5.74) is 0.118. The molecular weight excluding hydrogens is 308 g/mol. The van der Waals surface area contributed by atoms with Crippen LogP contribution in [0.5, 0.6) is 0 Å². The van der Waals surface area contributed by atoms with E-state index in [1.165, 1.54) is 50.8 Å². The van der Waals surface area contributed by atoms with Crippen LogP contribution < -0.4 is 10.6 Å². The Morgan fingerprint density at radius 3 is 2.55 bits per heavy atom. The number of nitrogens with zero attached hydrogens (tertiary/aromatic N) is 1. The molecule has 124 valence electrons. The molecule has 1 fully saturated rings. The zero-order chi connectivity index (χ0) is 15.1. The Morgan fingerprint density at radius 2 is 1.95 bits per heavy atom. The third kappa shape index (κ3) is 5.65. The summed E-state index contributed by atoms with van der Waals surface area (Å²) in [6, 6.07) is 1.80. The summed E-state index contributed by atoms with van der Waals surface area (Å²) >= 11 is 0. The van der Waals surface area contributed by atoms with Crippen molar-refractivity contribution in [1.29, 1.82) is 0 Å². The second-order valence-corrected chi connectivity index (χ2v) is 5.43. The van der Waals surface area contributed by atoms with Crippen LogP contribution in [-0.4, -0.2) is 34.9 Å². The molecule has 0 bridgehead atoms. The highest BCUT2D eigenvalue weighted by Gasteiger charge is 2.14. The zero-order valence-electron chi connectivity index (χ0n) is 12.5. The average Bonchev–Trinajstić information content (AvgIpc) is 2.82. The molecule has 0 aromatic carbocycles. The Kier molecular flexibility index (Phi) is 7.90. The van der Waals surface area contributed by atoms with Gasteiger partial charge in [0.25, 0.3) is 11.6 Å². The molecule has 0 saturated heterocycles. The van der Waals surface area contributed by atoms with Gasteiger partial charge in [-0.1, -0.05) is 25.7 Å². The van der Waals surface area contributed by atoms with Gasteiger partial charge in [-0.2, -0.15) is 0 Å². The lowest BCUT2D eigenvalue weighted by Gasteiger charge is -2.16. The smallest absolute Gasteiger partial charge is 0.287 e. The minimum atomic E-state index is -0.527. The van der Waals surface area contributed by atoms with Crippen LogP contribution in [0.15, 0.2) is 12.3 Å². The van der Waals surface area contributed by atoms with Crippen LogP contribution in [0.3, 0.4) is 0 Å². The van der Waals surface area contributed by atoms with Gasteiger partial charge in [0.05, 0.1) is 11.1 Å². The second kappa shape index (κ2) is 9.42. The average molecular weight is 331 g/mol. The van der Waals surface area contributed by atoms with Crippen LogP contribution in [0.4, 0.5) is 5.69 Å². The summed E-state index contributed by atoms with van der Waals surface area (Å²) in [5, 5.41) is 16.8. The zero-order valence-corrected chi connectivity index (χ0v) is 13.3. The van der Waals surface area contributed by atoms with Gasteiger partial charge < -0.3 is 15.6 Å². The normalized spacial score (nSPS) is 15.6. The molecule has 1 aromatic heterocycles. The third-order valence-electron chi connectivity index (χ3n) is 3.82. The van der Waals surface area contributed by atoms with Crippen molar-refractivity contribution in [3.8, 4) is 0 Å². The standard InChI is InChI=1S/C14H22N4O3.ClH/c19-14(13-9-12(10-17-13)18(20)21)16-8-7-15-11-5-3-1-2-4-6-11;/h9-11,15,17H,1-8H2,(H,16,19);1H. The fourth-order valence-electron chi connectivity index (χ4n) is 2.65. The highest BCUT2D eigenvalue weighted by atomic mass is 35.5. The number of halogens is 1. The molecule has 1 aliphatic rings. The summed E-state index contributed by atoms with van der Waals surface area (Å²) in [5.74, 6) is -0.314. The van der Waals surface area contributed by atoms with Gasteiger partial charge in [0, 0.05) is 25.2 Å². The minimum absolute atomic E-state index is 0. The highest BCUT2D eigenvalue weighted by molar-refractivity contribution is 5.93. The molecule has 0 radical (unpaired) electrons. The summed E-state index contributed by atoms with van der Waals surface area (Å²) in [6.07, 6.45) is 8.82. The maximum atomic E-state index is 11.8. The number of H-pyrrole nitrogens is 1. The van der Waals surface area contributed by atoms with E-state index in [1.54, 1.807) is 0 Å². The van der Waals surface area contributed by atoms with Gasteiger partial charge in [-0.25, -0.2) is 0 Å². The largest absolute Gasteiger partial charge is 0.351 e. The molecule has 2 rings (SSSR count). The van der Waals surface area contributed by atoms with E-state index in [0.717, 1.165) is 6.54 Å². The van der Waals surface area contributed by atoms with E-state index >= 15 is 0 Å². The Balaban J connectivity index is 0.00000242. The van der Waals surface area contributed by atoms with Gasteiger partial charge in [0.1, 0.15) is 5.69 Å². The number of hydrogen-bond donors (Lipinski definition) is 3. The number of carbonyl (C=O) groups is 1. The molecule has 1 amide bonds. The molecule has 0 spiro atoms. The van der Waals surface area contributed by atoms with Crippen molar-refractivity contribution in [3.05, 3.63) is 28.1 Å². The second-order valence-electron chi connectivity index (χ2n) is 5.43. The first-order valence-electron chi connectivity index (χ1n) is 7.51. The third-order valence-corrected chi connectivity index (χ3v) is 3.82. The van der Waals surface area contributed by atoms with E-state index < -0.39 is 4.92 Å². The maximum Gasteiger partial charge on any atom is 0.287 e. The van der Waals surface area contributed by atoms with Crippen LogP contribution in [0, 0.1) is 10.1 Å². The van der Waals surface area contributed by atoms with Gasteiger partial charge in [-0.05, 0) is 12.8 Å². The van der Waals surface area contributed by atoms with E-state index in [4.69, 9.17) is 0 Å². The van der Waals surface area contributed by atoms with Crippen LogP contribution in [0.2, 0.25) is 0 Å². The number of hydrogen-bond acceptors (Lipinski definition) is 4. The number of carbonyl (C=O) groups excluding carboxylic acids is 1. The first-order chi connectivity index (χ1) is 10.2. The molecule has 22 heavy (non-hydrogen) atoms. The first kappa shape index (κ1) is 18.4. The number of aromatic nitrogens is 1. The molecule has 7 nitrogen and oxygen atoms in total. The van der Waals surface area contributed by atoms with Gasteiger partial charge in [0.15, 0.2) is 0 Å². The van der Waals surface area contributed by atoms with E-state index in [1.807, 2.05) is 0 Å². The molecule has 3 N–H and O–H groups in total. The molecule has 0 unspecified atom stereocenters. The number of rotatable bonds is 6. The molecule has 8 heteroatoms. The summed E-state index contributed by atoms with van der Waals surface area (Å²) in [4.78, 5) is 24.4. The predicted octanol–water partition coefficient (Wildman–Crippen LogP) is 2.39. The molecule has 0 aliphatic heterocycles. The monoisotopic (exact) mass is 330 g/mol. The molecule has 1 aromatic rings. The SMILES string of the molecule is Cl.O=C(NCCNC1CCCCCC1)c1cc([N+](=O)[O-])c[nH]1. The molecule has 1 heterocycles. The van der Waals surface area contributed by atoms with Crippen LogP contribution >= 0.6 is 12.4 Å². The minimum Gasteiger partial charge on any atom is -0.351 e. The van der Waals surface area contributed by atoms with E-state index in [9.17, 15) is 14.9 Å². The molecule has 1 saturated carbocycles. The highest BCUT2D eigenvalue weighted by Crippen LogP contribution is 2.16. The maximum absolute atomic E-state index is 11.8. The number of nitro groups is 1. The van der Waals surface area contributed by atoms with Crippen molar-refractivity contribution in [1.82, 2.24) is 15.6 Å². The lowest BCUT2D eigenvalue weighted by Crippen LogP contribution is -2.36. The predicted molar refractivity (Wildman–Crippen MR) is 86.5 cm³/mol. The molecular formula is C14H23ClN4O3. The quantitative estimate of drug-likeness (QED) is 0.322. The topological polar surface area (TPSA) is 100 Å². The first-order valence-corrected chi connectivity index (χ1v) is 7.51. The molecule has 1 aliphatic carbocycles. The van der Waals surface area contributed by atoms with E-state index in [2.05, 4.69) is 15.6 Å². The lowest BCUT2D eigenvalue weighted by atomic mass is 10.1. The van der Waals surface area contributed by atoms with Crippen molar-refractivity contribution >= 4 is 24.0 Å². The Hall–Kier alpha value is -1.60. The molecule has 0 atom stereocenters. The van der Waals surface area contributed by atoms with Gasteiger partial charge in [-0.15, -0.1) is 12.4 Å². The van der Waals surface area contributed by atoms with Crippen molar-refractivity contribution < 1.29 is 9.72 Å². The summed E-state index contributed by atoms with van der Waals surface area (Å²) in [6.45, 7) is 1.24. The van der Waals surface area contributed by atoms with Crippen LogP contribution in [0.1, 0.15) is 49.0 Å². The van der Waals surface area contributed by atoms with Gasteiger partial charge in [0.2, 0.25) is 0 Å². The van der Waals surface area contributed by atoms with Crippen molar-refractivity contribution in [2.45, 2.75) is 44.6 Å². The van der Waals surface area contributed by atoms with Crippen molar-refractivity contribution in [3.63, 3.8) is 0 Å². The number of amides is 1. The summed E-state index contributed by atoms with van der Waals surface area (Å²) < 4.78 is 0. The van der Waals surface area contributed by atoms with E-state index in [-0.39, 0.29) is 29.7 Å².